The second kappa shape index (κ2) is 2.61. The van der Waals surface area contributed by atoms with E-state index < -0.39 is 19.1 Å². The molecule has 0 N–H and O–H groups in total. The van der Waals surface area contributed by atoms with Crippen LogP contribution in [0.25, 0.3) is 0 Å². The summed E-state index contributed by atoms with van der Waals surface area (Å²) >= 11 is 10.3. The van der Waals surface area contributed by atoms with Gasteiger partial charge < -0.3 is 0 Å². The molecule has 0 fully saturated rings. The van der Waals surface area contributed by atoms with Gasteiger partial charge in [-0.3, -0.25) is 0 Å². The Labute approximate surface area is 90.9 Å². The molecule has 0 aliphatic carbocycles. The Morgan fingerprint density at radius 3 is 1.93 bits per heavy atom. The molecule has 0 bridgehead atoms. The number of halogens is 7. The maximum atomic E-state index is 12.6. The molecule has 9 heteroatoms. The fraction of sp³-hybridized carbons (Fsp3) is 0. The van der Waals surface area contributed by atoms with Crippen molar-refractivity contribution >= 4 is 42.9 Å². The summed E-state index contributed by atoms with van der Waals surface area (Å²) in [5, 5.41) is -1.39. The molecule has 1 nitrogen and oxygen atoms in total. The molecule has 14 heavy (non-hydrogen) atoms. The summed E-state index contributed by atoms with van der Waals surface area (Å²) in [5.41, 5.74) is 0. The molecular formula is C5H2Cl3F4NS. The average molecular weight is 290 g/mol. The van der Waals surface area contributed by atoms with Gasteiger partial charge in [0.05, 0.1) is 0 Å². The van der Waals surface area contributed by atoms with Crippen LogP contribution in [0.2, 0.25) is 10.3 Å². The van der Waals surface area contributed by atoms with Crippen LogP contribution in [0.5, 0.6) is 0 Å². The van der Waals surface area contributed by atoms with Crippen molar-refractivity contribution in [1.82, 2.24) is 4.98 Å². The zero-order valence-electron chi connectivity index (χ0n) is 6.16. The zero-order valence-corrected chi connectivity index (χ0v) is 9.24. The van der Waals surface area contributed by atoms with Crippen LogP contribution in [-0.2, 0) is 0 Å². The molecule has 0 atom stereocenters. The van der Waals surface area contributed by atoms with Crippen LogP contribution in [0.1, 0.15) is 0 Å². The molecule has 0 radical (unpaired) electrons. The third kappa shape index (κ3) is 2.79. The van der Waals surface area contributed by atoms with Gasteiger partial charge in [0.15, 0.2) is 5.15 Å². The Kier molecular flexibility index (Phi) is 2.26. The van der Waals surface area contributed by atoms with E-state index in [1.807, 2.05) is 0 Å². The maximum absolute atomic E-state index is 12.6. The summed E-state index contributed by atoms with van der Waals surface area (Å²) in [6.45, 7) is 0. The van der Waals surface area contributed by atoms with Gasteiger partial charge in [-0.15, -0.1) is 15.5 Å². The van der Waals surface area contributed by atoms with Crippen molar-refractivity contribution in [2.24, 2.45) is 0 Å². The van der Waals surface area contributed by atoms with E-state index in [0.717, 1.165) is 6.07 Å². The van der Waals surface area contributed by atoms with Crippen molar-refractivity contribution in [2.75, 3.05) is 0 Å². The Balaban J connectivity index is 3.51. The van der Waals surface area contributed by atoms with E-state index in [4.69, 9.17) is 23.2 Å². The molecule has 0 aliphatic heterocycles. The summed E-state index contributed by atoms with van der Waals surface area (Å²) in [6.07, 6.45) is 0. The van der Waals surface area contributed by atoms with Gasteiger partial charge in [0, 0.05) is 10.7 Å². The quantitative estimate of drug-likeness (QED) is 0.504. The van der Waals surface area contributed by atoms with E-state index in [0.29, 0.717) is 6.07 Å². The number of hydrogen-bond acceptors (Lipinski definition) is 1. The fourth-order valence-corrected chi connectivity index (χ4v) is 2.68. The molecule has 1 heterocycles. The van der Waals surface area contributed by atoms with Crippen molar-refractivity contribution in [3.63, 3.8) is 0 Å². The molecule has 0 saturated carbocycles. The van der Waals surface area contributed by atoms with E-state index in [9.17, 15) is 15.5 Å². The fourth-order valence-electron chi connectivity index (χ4n) is 0.687. The van der Waals surface area contributed by atoms with E-state index in [-0.39, 0.29) is 5.15 Å². The topological polar surface area (TPSA) is 12.9 Å². The molecule has 0 aliphatic rings. The minimum atomic E-state index is -8.78. The van der Waals surface area contributed by atoms with Crippen LogP contribution in [0.15, 0.2) is 17.0 Å². The predicted molar refractivity (Wildman–Crippen MR) is 50.4 cm³/mol. The van der Waals surface area contributed by atoms with E-state index >= 15 is 0 Å². The lowest BCUT2D eigenvalue weighted by molar-refractivity contribution is 0.479. The van der Waals surface area contributed by atoms with Gasteiger partial charge in [0.25, 0.3) is 9.05 Å². The molecular weight excluding hydrogens is 288 g/mol. The summed E-state index contributed by atoms with van der Waals surface area (Å²) in [4.78, 5) is 1.25. The van der Waals surface area contributed by atoms with Gasteiger partial charge in [0.1, 0.15) is 10.0 Å². The van der Waals surface area contributed by atoms with Crippen LogP contribution >= 0.6 is 42.9 Å². The molecule has 0 unspecified atom stereocenters. The van der Waals surface area contributed by atoms with Gasteiger partial charge in [-0.1, -0.05) is 23.2 Å². The lowest BCUT2D eigenvalue weighted by Crippen LogP contribution is -2.06. The first kappa shape index (κ1) is 12.2. The first-order valence-corrected chi connectivity index (χ1v) is 6.59. The normalized spacial score (nSPS) is 17.4. The first-order chi connectivity index (χ1) is 5.90. The monoisotopic (exact) mass is 289 g/mol. The SMILES string of the molecule is FS(F)(F)(F)(Cl)c1ccc(Cl)nc1Cl. The van der Waals surface area contributed by atoms with Crippen LogP contribution in [-0.4, -0.2) is 4.98 Å². The Morgan fingerprint density at radius 2 is 1.57 bits per heavy atom. The minimum Gasteiger partial charge on any atom is -0.223 e. The standard InChI is InChI=1S/C5H2Cl3F4NS/c6-4-2-1-3(5(7)13-4)14(8,9,10,11)12/h1-2H. The largest absolute Gasteiger partial charge is 0.256 e. The van der Waals surface area contributed by atoms with Crippen molar-refractivity contribution in [2.45, 2.75) is 4.90 Å². The number of nitrogens with zero attached hydrogens (tertiary/aromatic N) is 1. The van der Waals surface area contributed by atoms with Crippen molar-refractivity contribution in [3.8, 4) is 0 Å². The number of pyridine rings is 1. The van der Waals surface area contributed by atoms with E-state index in [1.165, 1.54) is 0 Å². The molecule has 1 rings (SSSR count). The third-order valence-electron chi connectivity index (χ3n) is 1.20. The Bertz CT molecular complexity index is 389. The number of hydrogen-bond donors (Lipinski definition) is 0. The highest BCUT2D eigenvalue weighted by molar-refractivity contribution is 8.65. The van der Waals surface area contributed by atoms with Gasteiger partial charge in [-0.2, -0.15) is 0 Å². The average Bonchev–Trinajstić information content (AvgIpc) is 1.79. The van der Waals surface area contributed by atoms with Crippen molar-refractivity contribution in [1.29, 1.82) is 0 Å². The molecule has 1 aromatic rings. The lowest BCUT2D eigenvalue weighted by atomic mass is 10.5. The second-order valence-corrected chi connectivity index (χ2v) is 7.38. The summed E-state index contributed by atoms with van der Waals surface area (Å²) in [7, 11) is -4.77. The maximum Gasteiger partial charge on any atom is 0.256 e. The number of aromatic nitrogens is 1. The van der Waals surface area contributed by atoms with Crippen molar-refractivity contribution in [3.05, 3.63) is 22.4 Å². The molecule has 0 spiro atoms. The molecule has 0 amide bonds. The smallest absolute Gasteiger partial charge is 0.223 e. The van der Waals surface area contributed by atoms with Crippen molar-refractivity contribution < 1.29 is 15.5 Å². The Hall–Kier alpha value is 0.0900. The predicted octanol–water partition coefficient (Wildman–Crippen LogP) is 5.32. The minimum absolute atomic E-state index is 0.280. The highest BCUT2D eigenvalue weighted by Gasteiger charge is 2.64. The second-order valence-electron chi connectivity index (χ2n) is 2.39. The molecule has 0 saturated heterocycles. The van der Waals surface area contributed by atoms with E-state index in [1.54, 1.807) is 0 Å². The number of rotatable bonds is 1. The highest BCUT2D eigenvalue weighted by atomic mass is 35.7. The van der Waals surface area contributed by atoms with Crippen LogP contribution in [0, 0.1) is 0 Å². The van der Waals surface area contributed by atoms with Gasteiger partial charge in [-0.25, -0.2) is 4.98 Å². The molecule has 82 valence electrons. The van der Waals surface area contributed by atoms with Gasteiger partial charge >= 0.3 is 0 Å². The summed E-state index contributed by atoms with van der Waals surface area (Å²) < 4.78 is 50.4. The zero-order chi connectivity index (χ0) is 11.3. The van der Waals surface area contributed by atoms with Crippen LogP contribution < -0.4 is 0 Å². The first-order valence-electron chi connectivity index (χ1n) is 2.96. The molecule has 0 aromatic carbocycles. The van der Waals surface area contributed by atoms with Gasteiger partial charge in [-0.05, 0) is 12.1 Å². The van der Waals surface area contributed by atoms with Gasteiger partial charge in [0.2, 0.25) is 0 Å². The van der Waals surface area contributed by atoms with Crippen LogP contribution in [0.4, 0.5) is 15.5 Å². The summed E-state index contributed by atoms with van der Waals surface area (Å²) in [6, 6.07) is 1.11. The van der Waals surface area contributed by atoms with Crippen LogP contribution in [0.3, 0.4) is 0 Å². The van der Waals surface area contributed by atoms with E-state index in [2.05, 4.69) is 15.7 Å². The lowest BCUT2D eigenvalue weighted by Gasteiger charge is -2.42. The molecule has 1 aromatic heterocycles. The summed E-state index contributed by atoms with van der Waals surface area (Å²) in [5.74, 6) is 0. The Morgan fingerprint density at radius 1 is 1.07 bits per heavy atom. The highest BCUT2D eigenvalue weighted by Crippen LogP contribution is 3.04. The third-order valence-corrected chi connectivity index (χ3v) is 3.47.